The maximum absolute atomic E-state index is 5.96. The Morgan fingerprint density at radius 1 is 1.46 bits per heavy atom. The van der Waals surface area contributed by atoms with E-state index in [-0.39, 0.29) is 0 Å². The summed E-state index contributed by atoms with van der Waals surface area (Å²) in [5.41, 5.74) is 7.39. The molecule has 2 N–H and O–H groups in total. The zero-order chi connectivity index (χ0) is 9.42. The molecule has 1 aromatic carbocycles. The zero-order valence-corrected chi connectivity index (χ0v) is 8.06. The summed E-state index contributed by atoms with van der Waals surface area (Å²) in [6.07, 6.45) is 0. The van der Waals surface area contributed by atoms with Crippen molar-refractivity contribution in [2.45, 2.75) is 13.5 Å². The number of fused-ring (bicyclic) bond motifs is 1. The van der Waals surface area contributed by atoms with Crippen molar-refractivity contribution in [1.82, 2.24) is 0 Å². The summed E-state index contributed by atoms with van der Waals surface area (Å²) in [5.74, 6) is 0.852. The normalized spacial score (nSPS) is 11.0. The van der Waals surface area contributed by atoms with Gasteiger partial charge in [-0.3, -0.25) is 0 Å². The van der Waals surface area contributed by atoms with E-state index in [9.17, 15) is 0 Å². The highest BCUT2D eigenvalue weighted by Gasteiger charge is 2.10. The third kappa shape index (κ3) is 1.23. The highest BCUT2D eigenvalue weighted by molar-refractivity contribution is 6.34. The van der Waals surface area contributed by atoms with E-state index in [1.165, 1.54) is 0 Å². The van der Waals surface area contributed by atoms with E-state index in [1.807, 2.05) is 25.1 Å². The zero-order valence-electron chi connectivity index (χ0n) is 7.30. The molecule has 2 aromatic rings. The fraction of sp³-hybridized carbons (Fsp3) is 0.200. The second-order valence-corrected chi connectivity index (χ2v) is 3.36. The number of benzene rings is 1. The smallest absolute Gasteiger partial charge is 0.153 e. The Labute approximate surface area is 81.3 Å². The fourth-order valence-corrected chi connectivity index (χ4v) is 1.72. The lowest BCUT2D eigenvalue weighted by atomic mass is 10.1. The molecule has 1 aromatic heterocycles. The monoisotopic (exact) mass is 195 g/mol. The van der Waals surface area contributed by atoms with Crippen molar-refractivity contribution in [2.75, 3.05) is 0 Å². The van der Waals surface area contributed by atoms with Crippen LogP contribution in [0.5, 0.6) is 0 Å². The largest absolute Gasteiger partial charge is 0.459 e. The number of para-hydroxylation sites is 1. The molecule has 0 saturated carbocycles. The number of halogens is 1. The molecule has 0 bridgehead atoms. The van der Waals surface area contributed by atoms with E-state index >= 15 is 0 Å². The lowest BCUT2D eigenvalue weighted by molar-refractivity contribution is 0.572. The number of rotatable bonds is 1. The second-order valence-electron chi connectivity index (χ2n) is 2.96. The number of aryl methyl sites for hydroxylation is 1. The van der Waals surface area contributed by atoms with Crippen LogP contribution in [-0.4, -0.2) is 0 Å². The lowest BCUT2D eigenvalue weighted by Gasteiger charge is -1.93. The van der Waals surface area contributed by atoms with Gasteiger partial charge in [0.1, 0.15) is 5.76 Å². The maximum Gasteiger partial charge on any atom is 0.153 e. The van der Waals surface area contributed by atoms with Crippen LogP contribution in [0.25, 0.3) is 11.0 Å². The Bertz CT molecular complexity index is 447. The van der Waals surface area contributed by atoms with Gasteiger partial charge in [-0.25, -0.2) is 0 Å². The number of nitrogens with two attached hydrogens (primary N) is 1. The molecule has 1 heterocycles. The van der Waals surface area contributed by atoms with Crippen molar-refractivity contribution >= 4 is 22.6 Å². The molecular formula is C10H10ClNO. The van der Waals surface area contributed by atoms with Gasteiger partial charge in [-0.15, -0.1) is 0 Å². The SMILES string of the molecule is Cc1oc2c(Cl)cccc2c1CN. The van der Waals surface area contributed by atoms with Crippen molar-refractivity contribution in [2.24, 2.45) is 5.73 Å². The van der Waals surface area contributed by atoms with Gasteiger partial charge in [0.15, 0.2) is 5.58 Å². The minimum atomic E-state index is 0.485. The van der Waals surface area contributed by atoms with E-state index < -0.39 is 0 Å². The Kier molecular flexibility index (Phi) is 2.02. The Morgan fingerprint density at radius 2 is 2.23 bits per heavy atom. The van der Waals surface area contributed by atoms with Gasteiger partial charge in [0.25, 0.3) is 0 Å². The van der Waals surface area contributed by atoms with Crippen molar-refractivity contribution in [3.63, 3.8) is 0 Å². The summed E-state index contributed by atoms with van der Waals surface area (Å²) in [6.45, 7) is 2.39. The minimum Gasteiger partial charge on any atom is -0.459 e. The van der Waals surface area contributed by atoms with Gasteiger partial charge >= 0.3 is 0 Å². The third-order valence-corrected chi connectivity index (χ3v) is 2.47. The van der Waals surface area contributed by atoms with Crippen LogP contribution in [0.3, 0.4) is 0 Å². The summed E-state index contributed by atoms with van der Waals surface area (Å²) in [7, 11) is 0. The van der Waals surface area contributed by atoms with E-state index in [0.29, 0.717) is 11.6 Å². The molecule has 0 spiro atoms. The van der Waals surface area contributed by atoms with Crippen LogP contribution >= 0.6 is 11.6 Å². The van der Waals surface area contributed by atoms with E-state index in [1.54, 1.807) is 0 Å². The minimum absolute atomic E-state index is 0.485. The first-order valence-electron chi connectivity index (χ1n) is 4.10. The first-order valence-corrected chi connectivity index (χ1v) is 4.48. The standard InChI is InChI=1S/C10H10ClNO/c1-6-8(5-12)7-3-2-4-9(11)10(7)13-6/h2-4H,5,12H2,1H3. The topological polar surface area (TPSA) is 39.2 Å². The van der Waals surface area contributed by atoms with E-state index in [2.05, 4.69) is 0 Å². The number of hydrogen-bond donors (Lipinski definition) is 1. The molecule has 0 aliphatic carbocycles. The fourth-order valence-electron chi connectivity index (χ4n) is 1.51. The quantitative estimate of drug-likeness (QED) is 0.760. The summed E-state index contributed by atoms with van der Waals surface area (Å²) >= 11 is 5.96. The van der Waals surface area contributed by atoms with Crippen LogP contribution in [0.2, 0.25) is 5.02 Å². The molecule has 0 amide bonds. The number of hydrogen-bond acceptors (Lipinski definition) is 2. The summed E-state index contributed by atoms with van der Waals surface area (Å²) in [4.78, 5) is 0. The second kappa shape index (κ2) is 3.05. The van der Waals surface area contributed by atoms with Crippen LogP contribution in [0.1, 0.15) is 11.3 Å². The first-order chi connectivity index (χ1) is 6.24. The molecule has 0 aliphatic rings. The summed E-state index contributed by atoms with van der Waals surface area (Å²) in [6, 6.07) is 5.69. The van der Waals surface area contributed by atoms with E-state index in [0.717, 1.165) is 22.3 Å². The van der Waals surface area contributed by atoms with Crippen LogP contribution in [0, 0.1) is 6.92 Å². The van der Waals surface area contributed by atoms with Gasteiger partial charge in [0.2, 0.25) is 0 Å². The molecule has 0 radical (unpaired) electrons. The molecule has 0 aliphatic heterocycles. The predicted octanol–water partition coefficient (Wildman–Crippen LogP) is 2.85. The van der Waals surface area contributed by atoms with Crippen LogP contribution in [0.15, 0.2) is 22.6 Å². The molecule has 13 heavy (non-hydrogen) atoms. The van der Waals surface area contributed by atoms with Crippen LogP contribution < -0.4 is 5.73 Å². The Balaban J connectivity index is 2.86. The maximum atomic E-state index is 5.96. The van der Waals surface area contributed by atoms with Gasteiger partial charge in [0.05, 0.1) is 5.02 Å². The highest BCUT2D eigenvalue weighted by Crippen LogP contribution is 2.30. The molecule has 2 rings (SSSR count). The molecule has 0 saturated heterocycles. The molecule has 0 fully saturated rings. The molecular weight excluding hydrogens is 186 g/mol. The molecule has 3 heteroatoms. The first kappa shape index (κ1) is 8.60. The Morgan fingerprint density at radius 3 is 2.92 bits per heavy atom. The van der Waals surface area contributed by atoms with Gasteiger partial charge < -0.3 is 10.2 Å². The molecule has 0 unspecified atom stereocenters. The van der Waals surface area contributed by atoms with Crippen LogP contribution in [-0.2, 0) is 6.54 Å². The lowest BCUT2D eigenvalue weighted by Crippen LogP contribution is -1.96. The summed E-state index contributed by atoms with van der Waals surface area (Å²) < 4.78 is 5.51. The Hall–Kier alpha value is -0.990. The van der Waals surface area contributed by atoms with Crippen LogP contribution in [0.4, 0.5) is 0 Å². The average Bonchev–Trinajstić information content (AvgIpc) is 2.43. The molecule has 68 valence electrons. The van der Waals surface area contributed by atoms with E-state index in [4.69, 9.17) is 21.8 Å². The van der Waals surface area contributed by atoms with Crippen molar-refractivity contribution < 1.29 is 4.42 Å². The third-order valence-electron chi connectivity index (χ3n) is 2.18. The van der Waals surface area contributed by atoms with Crippen molar-refractivity contribution in [3.8, 4) is 0 Å². The van der Waals surface area contributed by atoms with Gasteiger partial charge in [-0.1, -0.05) is 23.7 Å². The van der Waals surface area contributed by atoms with Gasteiger partial charge in [-0.05, 0) is 13.0 Å². The summed E-state index contributed by atoms with van der Waals surface area (Å²) in [5, 5.41) is 1.66. The van der Waals surface area contributed by atoms with Gasteiger partial charge in [-0.2, -0.15) is 0 Å². The molecule has 2 nitrogen and oxygen atoms in total. The predicted molar refractivity (Wildman–Crippen MR) is 53.9 cm³/mol. The molecule has 0 atom stereocenters. The average molecular weight is 196 g/mol. The number of furan rings is 1. The van der Waals surface area contributed by atoms with Gasteiger partial charge in [0, 0.05) is 17.5 Å². The van der Waals surface area contributed by atoms with Crippen molar-refractivity contribution in [1.29, 1.82) is 0 Å². The van der Waals surface area contributed by atoms with Crippen molar-refractivity contribution in [3.05, 3.63) is 34.5 Å². The highest BCUT2D eigenvalue weighted by atomic mass is 35.5.